The zero-order valence-corrected chi connectivity index (χ0v) is 15.5. The summed E-state index contributed by atoms with van der Waals surface area (Å²) in [7, 11) is -7.75. The van der Waals surface area contributed by atoms with E-state index >= 15 is 0 Å². The van der Waals surface area contributed by atoms with E-state index in [4.69, 9.17) is 11.6 Å². The summed E-state index contributed by atoms with van der Waals surface area (Å²) in [6.07, 6.45) is 2.16. The predicted octanol–water partition coefficient (Wildman–Crippen LogP) is 2.19. The molecule has 0 atom stereocenters. The number of halogens is 1. The fraction of sp³-hybridized carbons (Fsp3) is 0.0714. The van der Waals surface area contributed by atoms with Gasteiger partial charge < -0.3 is 5.11 Å². The lowest BCUT2D eigenvalue weighted by atomic mass is 10.3. The number of carbonyl (C=O) groups excluding carboxylic acids is 1. The van der Waals surface area contributed by atoms with E-state index in [1.807, 2.05) is 0 Å². The number of phenols is 1. The lowest BCUT2D eigenvalue weighted by Gasteiger charge is -2.12. The minimum absolute atomic E-state index is 0.0594. The number of sulfonamides is 2. The Labute approximate surface area is 154 Å². The number of nitrogens with zero attached hydrogens (tertiary/aromatic N) is 1. The van der Waals surface area contributed by atoms with E-state index in [1.54, 1.807) is 0 Å². The van der Waals surface area contributed by atoms with Crippen LogP contribution in [-0.2, 0) is 24.8 Å². The van der Waals surface area contributed by atoms with Crippen molar-refractivity contribution in [3.8, 4) is 5.75 Å². The maximum Gasteiger partial charge on any atom is 0.263 e. The highest BCUT2D eigenvalue weighted by Crippen LogP contribution is 2.35. The number of benzene rings is 2. The van der Waals surface area contributed by atoms with E-state index in [0.717, 1.165) is 18.4 Å². The summed E-state index contributed by atoms with van der Waals surface area (Å²) in [6.45, 7) is 0. The molecule has 0 spiro atoms. The molecule has 0 unspecified atom stereocenters. The van der Waals surface area contributed by atoms with Crippen molar-refractivity contribution in [2.75, 3.05) is 15.7 Å². The van der Waals surface area contributed by atoms with Crippen molar-refractivity contribution in [1.29, 1.82) is 0 Å². The van der Waals surface area contributed by atoms with Crippen LogP contribution in [0.25, 0.3) is 0 Å². The highest BCUT2D eigenvalue weighted by Gasteiger charge is 2.21. The van der Waals surface area contributed by atoms with Crippen LogP contribution in [0.15, 0.2) is 46.3 Å². The molecule has 0 heterocycles. The van der Waals surface area contributed by atoms with Gasteiger partial charge in [0.25, 0.3) is 10.0 Å². The molecule has 26 heavy (non-hydrogen) atoms. The summed E-state index contributed by atoms with van der Waals surface area (Å²) in [5, 5.41) is 9.47. The molecule has 0 aliphatic rings. The first kappa shape index (κ1) is 19.7. The quantitative estimate of drug-likeness (QED) is 0.485. The minimum Gasteiger partial charge on any atom is -0.506 e. The number of aromatic hydroxyl groups is 1. The van der Waals surface area contributed by atoms with Gasteiger partial charge in [-0.25, -0.2) is 21.6 Å². The van der Waals surface area contributed by atoms with Crippen LogP contribution in [0.2, 0.25) is 5.02 Å². The predicted molar refractivity (Wildman–Crippen MR) is 96.6 cm³/mol. The van der Waals surface area contributed by atoms with Gasteiger partial charge in [0, 0.05) is 6.07 Å². The van der Waals surface area contributed by atoms with Gasteiger partial charge in [-0.2, -0.15) is 4.99 Å². The van der Waals surface area contributed by atoms with Gasteiger partial charge in [-0.1, -0.05) is 17.7 Å². The molecule has 2 rings (SSSR count). The molecular formula is C14H12ClN3O6S2. The molecule has 2 aromatic carbocycles. The van der Waals surface area contributed by atoms with Gasteiger partial charge in [-0.05, 0) is 24.3 Å². The molecule has 0 aromatic heterocycles. The van der Waals surface area contributed by atoms with Gasteiger partial charge in [0.2, 0.25) is 16.1 Å². The largest absolute Gasteiger partial charge is 0.506 e. The minimum atomic E-state index is -4.22. The lowest BCUT2D eigenvalue weighted by Crippen LogP contribution is -2.14. The number of anilines is 2. The van der Waals surface area contributed by atoms with Crippen molar-refractivity contribution in [3.05, 3.63) is 41.4 Å². The topological polar surface area (TPSA) is 142 Å². The maximum atomic E-state index is 12.5. The van der Waals surface area contributed by atoms with E-state index in [1.165, 1.54) is 30.3 Å². The molecule has 0 fully saturated rings. The Hall–Kier alpha value is -2.59. The van der Waals surface area contributed by atoms with Crippen LogP contribution in [-0.4, -0.2) is 34.3 Å². The van der Waals surface area contributed by atoms with Crippen molar-refractivity contribution >= 4 is 54.8 Å². The summed E-state index contributed by atoms with van der Waals surface area (Å²) in [4.78, 5) is 13.0. The standard InChI is InChI=1S/C14H12ClN3O6S2/c1-25(21,22)17-9-3-2-4-10(5-9)18-26(23,24)14-7-13(20)12(16-8-19)6-11(14)15/h2-7,17-18,20H,1H3. The van der Waals surface area contributed by atoms with Gasteiger partial charge in [0.05, 0.1) is 22.7 Å². The summed E-state index contributed by atoms with van der Waals surface area (Å²) in [5.41, 5.74) is -0.0233. The number of aliphatic imine (C=N–C) groups is 1. The zero-order chi connectivity index (χ0) is 19.5. The number of nitrogens with one attached hydrogen (secondary N) is 2. The Balaban J connectivity index is 2.39. The zero-order valence-electron chi connectivity index (χ0n) is 13.1. The highest BCUT2D eigenvalue weighted by atomic mass is 35.5. The summed E-state index contributed by atoms with van der Waals surface area (Å²) in [6, 6.07) is 7.36. The summed E-state index contributed by atoms with van der Waals surface area (Å²) in [5.74, 6) is -0.578. The second-order valence-electron chi connectivity index (χ2n) is 5.03. The van der Waals surface area contributed by atoms with E-state index < -0.39 is 30.7 Å². The molecule has 12 heteroatoms. The molecule has 9 nitrogen and oxygen atoms in total. The molecule has 0 amide bonds. The third-order valence-corrected chi connectivity index (χ3v) is 5.36. The number of rotatable bonds is 6. The first-order chi connectivity index (χ1) is 12.0. The molecule has 0 aliphatic carbocycles. The Morgan fingerprint density at radius 2 is 1.69 bits per heavy atom. The third-order valence-electron chi connectivity index (χ3n) is 2.90. The average Bonchev–Trinajstić information content (AvgIpc) is 2.49. The third kappa shape index (κ3) is 4.96. The second-order valence-corrected chi connectivity index (χ2v) is 8.84. The van der Waals surface area contributed by atoms with E-state index in [2.05, 4.69) is 14.4 Å². The van der Waals surface area contributed by atoms with Crippen molar-refractivity contribution in [3.63, 3.8) is 0 Å². The molecule has 0 radical (unpaired) electrons. The Morgan fingerprint density at radius 1 is 1.08 bits per heavy atom. The van der Waals surface area contributed by atoms with Crippen molar-refractivity contribution in [1.82, 2.24) is 0 Å². The second kappa shape index (κ2) is 7.34. The first-order valence-electron chi connectivity index (χ1n) is 6.73. The van der Waals surface area contributed by atoms with Gasteiger partial charge in [0.15, 0.2) is 0 Å². The van der Waals surface area contributed by atoms with Gasteiger partial charge in [-0.15, -0.1) is 0 Å². The van der Waals surface area contributed by atoms with Crippen molar-refractivity contribution in [2.45, 2.75) is 4.90 Å². The Kier molecular flexibility index (Phi) is 5.57. The van der Waals surface area contributed by atoms with Gasteiger partial charge >= 0.3 is 0 Å². The molecule has 0 saturated carbocycles. The lowest BCUT2D eigenvalue weighted by molar-refractivity contribution is 0.474. The molecular weight excluding hydrogens is 406 g/mol. The van der Waals surface area contributed by atoms with Crippen LogP contribution in [0, 0.1) is 0 Å². The van der Waals surface area contributed by atoms with Crippen molar-refractivity contribution < 1.29 is 26.7 Å². The van der Waals surface area contributed by atoms with Crippen molar-refractivity contribution in [2.24, 2.45) is 4.99 Å². The number of hydrogen-bond acceptors (Lipinski definition) is 7. The molecule has 2 aromatic rings. The average molecular weight is 418 g/mol. The monoisotopic (exact) mass is 417 g/mol. The number of isocyanates is 1. The van der Waals surface area contributed by atoms with Crippen LogP contribution in [0.3, 0.4) is 0 Å². The van der Waals surface area contributed by atoms with Crippen LogP contribution >= 0.6 is 11.6 Å². The smallest absolute Gasteiger partial charge is 0.263 e. The number of hydrogen-bond donors (Lipinski definition) is 3. The normalized spacial score (nSPS) is 11.5. The molecule has 3 N–H and O–H groups in total. The van der Waals surface area contributed by atoms with Crippen LogP contribution in [0.4, 0.5) is 17.1 Å². The fourth-order valence-electron chi connectivity index (χ4n) is 1.95. The fourth-order valence-corrected chi connectivity index (χ4v) is 4.09. The Bertz CT molecular complexity index is 1110. The molecule has 0 aliphatic heterocycles. The maximum absolute atomic E-state index is 12.5. The molecule has 0 bridgehead atoms. The van der Waals surface area contributed by atoms with E-state index in [-0.39, 0.29) is 22.1 Å². The summed E-state index contributed by atoms with van der Waals surface area (Å²) < 4.78 is 51.9. The first-order valence-corrected chi connectivity index (χ1v) is 10.5. The van der Waals surface area contributed by atoms with E-state index in [9.17, 15) is 26.7 Å². The Morgan fingerprint density at radius 3 is 2.27 bits per heavy atom. The summed E-state index contributed by atoms with van der Waals surface area (Å²) >= 11 is 5.89. The molecule has 138 valence electrons. The number of phenolic OH excluding ortho intramolecular Hbond substituents is 1. The highest BCUT2D eigenvalue weighted by molar-refractivity contribution is 7.93. The SMILES string of the molecule is CS(=O)(=O)Nc1cccc(NS(=O)(=O)c2cc(O)c(N=C=O)cc2Cl)c1. The van der Waals surface area contributed by atoms with Crippen LogP contribution in [0.1, 0.15) is 0 Å². The van der Waals surface area contributed by atoms with Crippen LogP contribution in [0.5, 0.6) is 5.75 Å². The van der Waals surface area contributed by atoms with Crippen LogP contribution < -0.4 is 9.44 Å². The van der Waals surface area contributed by atoms with E-state index in [0.29, 0.717) is 0 Å². The molecule has 0 saturated heterocycles. The van der Waals surface area contributed by atoms with Gasteiger partial charge in [-0.3, -0.25) is 9.44 Å². The van der Waals surface area contributed by atoms with Gasteiger partial charge in [0.1, 0.15) is 16.3 Å².